The van der Waals surface area contributed by atoms with Crippen LogP contribution in [0.1, 0.15) is 11.1 Å². The van der Waals surface area contributed by atoms with E-state index in [1.165, 1.54) is 42.5 Å². The molecule has 0 fully saturated rings. The molecule has 0 aliphatic carbocycles. The molecule has 0 saturated carbocycles. The summed E-state index contributed by atoms with van der Waals surface area (Å²) in [5, 5.41) is 4.48. The molecule has 7 nitrogen and oxygen atoms in total. The lowest BCUT2D eigenvalue weighted by molar-refractivity contribution is -0.137. The molecule has 2 aromatic carbocycles. The molecular formula is C20H14ClF3N4O3. The molecule has 2 heterocycles. The molecule has 2 aromatic heterocycles. The Bertz CT molecular complexity index is 1280. The number of benzene rings is 2. The van der Waals surface area contributed by atoms with Gasteiger partial charge in [0, 0.05) is 28.5 Å². The topological polar surface area (TPSA) is 75.1 Å². The lowest BCUT2D eigenvalue weighted by atomic mass is 10.1. The smallest absolute Gasteiger partial charge is 0.437 e. The van der Waals surface area contributed by atoms with E-state index in [1.807, 2.05) is 0 Å². The number of rotatable bonds is 5. The molecule has 0 unspecified atom stereocenters. The van der Waals surface area contributed by atoms with E-state index in [1.54, 1.807) is 18.2 Å². The largest absolute Gasteiger partial charge is 0.496 e. The Morgan fingerprint density at radius 2 is 2.00 bits per heavy atom. The minimum atomic E-state index is -4.65. The number of alkyl halides is 3. The van der Waals surface area contributed by atoms with Crippen LogP contribution in [0.25, 0.3) is 17.1 Å². The average molecular weight is 451 g/mol. The van der Waals surface area contributed by atoms with Crippen LogP contribution in [-0.2, 0) is 12.7 Å². The zero-order valence-electron chi connectivity index (χ0n) is 15.9. The lowest BCUT2D eigenvalue weighted by Gasteiger charge is -2.14. The Balaban J connectivity index is 1.73. The summed E-state index contributed by atoms with van der Waals surface area (Å²) in [5.74, 6) is -0.595. The standard InChI is InChI=1S/C20H14ClF3N4O3/c1-30-17-5-3-14(21)8-13(17)10-28-19(29)31-18(26-28)12-2-4-16(27-7-6-25-11-27)15(9-12)20(22,23)24/h2-9,11H,10H2,1H3. The van der Waals surface area contributed by atoms with Crippen molar-refractivity contribution < 1.29 is 22.3 Å². The average Bonchev–Trinajstić information content (AvgIpc) is 3.38. The van der Waals surface area contributed by atoms with E-state index in [2.05, 4.69) is 10.1 Å². The maximum atomic E-state index is 13.7. The van der Waals surface area contributed by atoms with Gasteiger partial charge < -0.3 is 13.7 Å². The van der Waals surface area contributed by atoms with Crippen LogP contribution in [0.4, 0.5) is 13.2 Å². The Labute approximate surface area is 178 Å². The van der Waals surface area contributed by atoms with Gasteiger partial charge in [0.15, 0.2) is 0 Å². The van der Waals surface area contributed by atoms with Crippen LogP contribution in [0, 0.1) is 0 Å². The Kier molecular flexibility index (Phi) is 5.32. The van der Waals surface area contributed by atoms with E-state index in [0.717, 1.165) is 10.7 Å². The van der Waals surface area contributed by atoms with Crippen LogP contribution < -0.4 is 10.5 Å². The van der Waals surface area contributed by atoms with Gasteiger partial charge in [-0.2, -0.15) is 17.9 Å². The second kappa shape index (κ2) is 7.95. The van der Waals surface area contributed by atoms with E-state index in [-0.39, 0.29) is 23.7 Å². The van der Waals surface area contributed by atoms with Gasteiger partial charge in [0.05, 0.1) is 31.2 Å². The molecule has 0 spiro atoms. The van der Waals surface area contributed by atoms with Crippen molar-refractivity contribution in [2.45, 2.75) is 12.7 Å². The third-order valence-electron chi connectivity index (χ3n) is 4.50. The van der Waals surface area contributed by atoms with Gasteiger partial charge in [-0.05, 0) is 36.4 Å². The quantitative estimate of drug-likeness (QED) is 0.450. The normalized spacial score (nSPS) is 11.6. The van der Waals surface area contributed by atoms with Gasteiger partial charge in [-0.15, -0.1) is 5.10 Å². The molecular weight excluding hydrogens is 437 g/mol. The van der Waals surface area contributed by atoms with Gasteiger partial charge >= 0.3 is 11.9 Å². The summed E-state index contributed by atoms with van der Waals surface area (Å²) in [7, 11) is 1.46. The van der Waals surface area contributed by atoms with Crippen molar-refractivity contribution in [3.8, 4) is 22.9 Å². The molecule has 160 valence electrons. The number of hydrogen-bond donors (Lipinski definition) is 0. The summed E-state index contributed by atoms with van der Waals surface area (Å²) in [6.07, 6.45) is -0.611. The highest BCUT2D eigenvalue weighted by Crippen LogP contribution is 2.36. The molecule has 4 rings (SSSR count). The molecule has 0 radical (unpaired) electrons. The predicted octanol–water partition coefficient (Wildman–Crippen LogP) is 4.42. The second-order valence-electron chi connectivity index (χ2n) is 6.49. The fourth-order valence-electron chi connectivity index (χ4n) is 3.08. The summed E-state index contributed by atoms with van der Waals surface area (Å²) in [5.41, 5.74) is -0.468. The van der Waals surface area contributed by atoms with Crippen LogP contribution in [0.2, 0.25) is 5.02 Å². The highest BCUT2D eigenvalue weighted by atomic mass is 35.5. The molecule has 0 saturated heterocycles. The predicted molar refractivity (Wildman–Crippen MR) is 105 cm³/mol. The third-order valence-corrected chi connectivity index (χ3v) is 4.74. The number of aromatic nitrogens is 4. The van der Waals surface area contributed by atoms with Crippen molar-refractivity contribution in [3.05, 3.63) is 81.8 Å². The third kappa shape index (κ3) is 4.19. The van der Waals surface area contributed by atoms with Crippen LogP contribution >= 0.6 is 11.6 Å². The first-order valence-corrected chi connectivity index (χ1v) is 9.24. The van der Waals surface area contributed by atoms with Crippen LogP contribution in [-0.4, -0.2) is 26.4 Å². The van der Waals surface area contributed by atoms with Gasteiger partial charge in [-0.25, -0.2) is 9.78 Å². The van der Waals surface area contributed by atoms with Crippen molar-refractivity contribution in [1.82, 2.24) is 19.3 Å². The lowest BCUT2D eigenvalue weighted by Crippen LogP contribution is -2.17. The zero-order chi connectivity index (χ0) is 22.2. The minimum absolute atomic E-state index is 0.00472. The number of ether oxygens (including phenoxy) is 1. The van der Waals surface area contributed by atoms with Gasteiger partial charge in [0.1, 0.15) is 5.75 Å². The number of hydrogen-bond acceptors (Lipinski definition) is 5. The summed E-state index contributed by atoms with van der Waals surface area (Å²) >= 11 is 6.00. The van der Waals surface area contributed by atoms with E-state index < -0.39 is 17.5 Å². The first kappa shape index (κ1) is 20.7. The molecule has 0 amide bonds. The number of nitrogens with zero attached hydrogens (tertiary/aromatic N) is 4. The summed E-state index contributed by atoms with van der Waals surface area (Å²) in [6.45, 7) is -0.0364. The fourth-order valence-corrected chi connectivity index (χ4v) is 3.27. The van der Waals surface area contributed by atoms with Crippen molar-refractivity contribution in [2.24, 2.45) is 0 Å². The molecule has 0 aliphatic rings. The number of halogens is 4. The van der Waals surface area contributed by atoms with Gasteiger partial charge in [-0.3, -0.25) is 0 Å². The Hall–Kier alpha value is -3.53. The summed E-state index contributed by atoms with van der Waals surface area (Å²) in [6, 6.07) is 8.39. The maximum Gasteiger partial charge on any atom is 0.437 e. The van der Waals surface area contributed by atoms with Gasteiger partial charge in [-0.1, -0.05) is 11.6 Å². The molecule has 0 aliphatic heterocycles. The first-order valence-electron chi connectivity index (χ1n) is 8.86. The molecule has 0 N–H and O–H groups in total. The highest BCUT2D eigenvalue weighted by molar-refractivity contribution is 6.30. The molecule has 4 aromatic rings. The van der Waals surface area contributed by atoms with Gasteiger partial charge in [0.2, 0.25) is 5.89 Å². The fraction of sp³-hybridized carbons (Fsp3) is 0.150. The second-order valence-corrected chi connectivity index (χ2v) is 6.92. The molecule has 0 bridgehead atoms. The highest BCUT2D eigenvalue weighted by Gasteiger charge is 2.35. The van der Waals surface area contributed by atoms with E-state index >= 15 is 0 Å². The number of methoxy groups -OCH3 is 1. The monoisotopic (exact) mass is 450 g/mol. The maximum absolute atomic E-state index is 13.7. The SMILES string of the molecule is COc1ccc(Cl)cc1Cn1nc(-c2ccc(-n3ccnc3)c(C(F)(F)F)c2)oc1=O. The molecule has 0 atom stereocenters. The van der Waals surface area contributed by atoms with Gasteiger partial charge in [0.25, 0.3) is 0 Å². The zero-order valence-corrected chi connectivity index (χ0v) is 16.7. The van der Waals surface area contributed by atoms with Crippen molar-refractivity contribution in [2.75, 3.05) is 7.11 Å². The van der Waals surface area contributed by atoms with Crippen molar-refractivity contribution in [3.63, 3.8) is 0 Å². The summed E-state index contributed by atoms with van der Waals surface area (Å²) < 4.78 is 53.5. The van der Waals surface area contributed by atoms with Crippen LogP contribution in [0.3, 0.4) is 0 Å². The first-order chi connectivity index (χ1) is 14.8. The molecule has 11 heteroatoms. The van der Waals surface area contributed by atoms with Crippen molar-refractivity contribution in [1.29, 1.82) is 0 Å². The number of imidazole rings is 1. The van der Waals surface area contributed by atoms with Crippen molar-refractivity contribution >= 4 is 11.6 Å². The minimum Gasteiger partial charge on any atom is -0.496 e. The Morgan fingerprint density at radius 1 is 1.19 bits per heavy atom. The van der Waals surface area contributed by atoms with E-state index in [4.69, 9.17) is 20.8 Å². The van der Waals surface area contributed by atoms with E-state index in [0.29, 0.717) is 16.3 Å². The van der Waals surface area contributed by atoms with Crippen LogP contribution in [0.15, 0.2) is 64.3 Å². The Morgan fingerprint density at radius 3 is 2.68 bits per heavy atom. The molecule has 31 heavy (non-hydrogen) atoms. The summed E-state index contributed by atoms with van der Waals surface area (Å²) in [4.78, 5) is 16.0. The van der Waals surface area contributed by atoms with Crippen LogP contribution in [0.5, 0.6) is 5.75 Å². The van der Waals surface area contributed by atoms with E-state index in [9.17, 15) is 18.0 Å².